The molecule has 0 aliphatic rings. The third-order valence-corrected chi connectivity index (χ3v) is 2.28. The standard InChI is InChI=1S/C12H17FN2O2/c1-17-8-11(14)12(16)15-6-5-9-3-2-4-10(13)7-9/h2-4,7,11H,5-6,8,14H2,1H3,(H,15,16). The number of nitrogens with two attached hydrogens (primary N) is 1. The zero-order valence-corrected chi connectivity index (χ0v) is 9.78. The van der Waals surface area contributed by atoms with Crippen LogP contribution in [0, 0.1) is 5.82 Å². The van der Waals surface area contributed by atoms with E-state index in [0.29, 0.717) is 13.0 Å². The summed E-state index contributed by atoms with van der Waals surface area (Å²) in [6, 6.07) is 5.62. The molecule has 1 atom stereocenters. The highest BCUT2D eigenvalue weighted by atomic mass is 19.1. The van der Waals surface area contributed by atoms with E-state index in [0.717, 1.165) is 5.56 Å². The zero-order valence-electron chi connectivity index (χ0n) is 9.78. The number of halogens is 1. The second-order valence-corrected chi connectivity index (χ2v) is 3.73. The van der Waals surface area contributed by atoms with Crippen LogP contribution >= 0.6 is 0 Å². The van der Waals surface area contributed by atoms with Crippen molar-refractivity contribution in [2.45, 2.75) is 12.5 Å². The van der Waals surface area contributed by atoms with Gasteiger partial charge in [0.25, 0.3) is 0 Å². The first kappa shape index (κ1) is 13.6. The highest BCUT2D eigenvalue weighted by Crippen LogP contribution is 2.03. The molecule has 0 spiro atoms. The first-order valence-corrected chi connectivity index (χ1v) is 5.40. The van der Waals surface area contributed by atoms with Crippen LogP contribution < -0.4 is 11.1 Å². The molecule has 0 fully saturated rings. The summed E-state index contributed by atoms with van der Waals surface area (Å²) in [5, 5.41) is 2.67. The molecule has 0 aliphatic carbocycles. The molecule has 1 rings (SSSR count). The van der Waals surface area contributed by atoms with Gasteiger partial charge < -0.3 is 15.8 Å². The van der Waals surface area contributed by atoms with Crippen molar-refractivity contribution >= 4 is 5.91 Å². The fourth-order valence-corrected chi connectivity index (χ4v) is 1.41. The van der Waals surface area contributed by atoms with Crippen LogP contribution in [0.15, 0.2) is 24.3 Å². The van der Waals surface area contributed by atoms with Crippen molar-refractivity contribution < 1.29 is 13.9 Å². The summed E-state index contributed by atoms with van der Waals surface area (Å²) >= 11 is 0. The van der Waals surface area contributed by atoms with E-state index in [1.807, 2.05) is 6.07 Å². The first-order chi connectivity index (χ1) is 8.13. The van der Waals surface area contributed by atoms with E-state index >= 15 is 0 Å². The van der Waals surface area contributed by atoms with E-state index in [2.05, 4.69) is 5.32 Å². The fourth-order valence-electron chi connectivity index (χ4n) is 1.41. The minimum absolute atomic E-state index is 0.186. The highest BCUT2D eigenvalue weighted by Gasteiger charge is 2.11. The van der Waals surface area contributed by atoms with Crippen molar-refractivity contribution in [2.75, 3.05) is 20.3 Å². The van der Waals surface area contributed by atoms with Crippen LogP contribution in [0.25, 0.3) is 0 Å². The third-order valence-electron chi connectivity index (χ3n) is 2.28. The summed E-state index contributed by atoms with van der Waals surface area (Å²) in [4.78, 5) is 11.4. The van der Waals surface area contributed by atoms with Crippen molar-refractivity contribution in [3.8, 4) is 0 Å². The Morgan fingerprint density at radius 2 is 2.35 bits per heavy atom. The van der Waals surface area contributed by atoms with Gasteiger partial charge in [-0.1, -0.05) is 12.1 Å². The van der Waals surface area contributed by atoms with Crippen LogP contribution in [0.3, 0.4) is 0 Å². The van der Waals surface area contributed by atoms with E-state index in [1.165, 1.54) is 19.2 Å². The maximum Gasteiger partial charge on any atom is 0.239 e. The lowest BCUT2D eigenvalue weighted by Gasteiger charge is -2.11. The summed E-state index contributed by atoms with van der Waals surface area (Å²) in [6.45, 7) is 0.617. The number of carbonyl (C=O) groups excluding carboxylic acids is 1. The number of nitrogens with one attached hydrogen (secondary N) is 1. The average molecular weight is 240 g/mol. The smallest absolute Gasteiger partial charge is 0.239 e. The Morgan fingerprint density at radius 3 is 3.00 bits per heavy atom. The lowest BCUT2D eigenvalue weighted by atomic mass is 10.1. The predicted octanol–water partition coefficient (Wildman–Crippen LogP) is 0.458. The zero-order chi connectivity index (χ0) is 12.7. The molecule has 0 aliphatic heterocycles. The molecule has 4 nitrogen and oxygen atoms in total. The van der Waals surface area contributed by atoms with Crippen LogP contribution in [0.4, 0.5) is 4.39 Å². The van der Waals surface area contributed by atoms with Gasteiger partial charge >= 0.3 is 0 Å². The maximum absolute atomic E-state index is 12.9. The molecule has 1 aromatic carbocycles. The van der Waals surface area contributed by atoms with Crippen molar-refractivity contribution in [3.05, 3.63) is 35.6 Å². The monoisotopic (exact) mass is 240 g/mol. The number of rotatable bonds is 6. The van der Waals surface area contributed by atoms with Crippen molar-refractivity contribution in [1.82, 2.24) is 5.32 Å². The van der Waals surface area contributed by atoms with Crippen molar-refractivity contribution in [3.63, 3.8) is 0 Å². The second-order valence-electron chi connectivity index (χ2n) is 3.73. The SMILES string of the molecule is COCC(N)C(=O)NCCc1cccc(F)c1. The third kappa shape index (κ3) is 4.93. The van der Waals surface area contributed by atoms with Gasteiger partial charge in [0.15, 0.2) is 0 Å². The molecule has 1 aromatic rings. The number of methoxy groups -OCH3 is 1. The average Bonchev–Trinajstić information content (AvgIpc) is 2.29. The van der Waals surface area contributed by atoms with Crippen LogP contribution in [-0.2, 0) is 16.0 Å². The minimum Gasteiger partial charge on any atom is -0.383 e. The van der Waals surface area contributed by atoms with E-state index < -0.39 is 6.04 Å². The quantitative estimate of drug-likeness (QED) is 0.759. The Labute approximate surface area is 100.0 Å². The molecule has 0 aromatic heterocycles. The Morgan fingerprint density at radius 1 is 1.59 bits per heavy atom. The summed E-state index contributed by atoms with van der Waals surface area (Å²) in [6.07, 6.45) is 0.573. The van der Waals surface area contributed by atoms with Gasteiger partial charge in [-0.15, -0.1) is 0 Å². The maximum atomic E-state index is 12.9. The van der Waals surface area contributed by atoms with Gasteiger partial charge in [0.1, 0.15) is 11.9 Å². The molecule has 5 heteroatoms. The minimum atomic E-state index is -0.660. The Hall–Kier alpha value is -1.46. The topological polar surface area (TPSA) is 64.3 Å². The summed E-state index contributed by atoms with van der Waals surface area (Å²) in [7, 11) is 1.49. The summed E-state index contributed by atoms with van der Waals surface area (Å²) in [5.74, 6) is -0.534. The largest absolute Gasteiger partial charge is 0.383 e. The number of amides is 1. The highest BCUT2D eigenvalue weighted by molar-refractivity contribution is 5.81. The Balaban J connectivity index is 2.30. The predicted molar refractivity (Wildman–Crippen MR) is 63.0 cm³/mol. The first-order valence-electron chi connectivity index (χ1n) is 5.40. The number of hydrogen-bond acceptors (Lipinski definition) is 3. The van der Waals surface area contributed by atoms with Gasteiger partial charge in [-0.2, -0.15) is 0 Å². The molecule has 0 heterocycles. The lowest BCUT2D eigenvalue weighted by Crippen LogP contribution is -2.44. The molecule has 3 N–H and O–H groups in total. The molecule has 0 saturated heterocycles. The van der Waals surface area contributed by atoms with Gasteiger partial charge in [-0.3, -0.25) is 4.79 Å². The number of hydrogen-bond donors (Lipinski definition) is 2. The van der Waals surface area contributed by atoms with Crippen LogP contribution in [0.5, 0.6) is 0 Å². The van der Waals surface area contributed by atoms with Gasteiger partial charge in [0.2, 0.25) is 5.91 Å². The van der Waals surface area contributed by atoms with E-state index in [9.17, 15) is 9.18 Å². The van der Waals surface area contributed by atoms with Gasteiger partial charge in [-0.25, -0.2) is 4.39 Å². The molecular weight excluding hydrogens is 223 g/mol. The van der Waals surface area contributed by atoms with Crippen LogP contribution in [-0.4, -0.2) is 32.2 Å². The number of ether oxygens (including phenoxy) is 1. The van der Waals surface area contributed by atoms with E-state index in [4.69, 9.17) is 10.5 Å². The lowest BCUT2D eigenvalue weighted by molar-refractivity contribution is -0.123. The molecule has 94 valence electrons. The summed E-state index contributed by atoms with van der Waals surface area (Å²) < 4.78 is 17.6. The molecular formula is C12H17FN2O2. The normalized spacial score (nSPS) is 12.2. The summed E-state index contributed by atoms with van der Waals surface area (Å²) in [5.41, 5.74) is 6.37. The molecule has 0 radical (unpaired) electrons. The Kier molecular flexibility index (Phi) is 5.59. The number of carbonyl (C=O) groups is 1. The van der Waals surface area contributed by atoms with Gasteiger partial charge in [0.05, 0.1) is 6.61 Å². The van der Waals surface area contributed by atoms with E-state index in [-0.39, 0.29) is 18.3 Å². The Bertz CT molecular complexity index is 371. The van der Waals surface area contributed by atoms with Crippen LogP contribution in [0.2, 0.25) is 0 Å². The molecule has 17 heavy (non-hydrogen) atoms. The molecule has 0 bridgehead atoms. The second kappa shape index (κ2) is 6.98. The molecule has 0 saturated carbocycles. The van der Waals surface area contributed by atoms with Crippen molar-refractivity contribution in [2.24, 2.45) is 5.73 Å². The fraction of sp³-hybridized carbons (Fsp3) is 0.417. The van der Waals surface area contributed by atoms with Gasteiger partial charge in [-0.05, 0) is 24.1 Å². The van der Waals surface area contributed by atoms with Gasteiger partial charge in [0, 0.05) is 13.7 Å². The molecule has 1 unspecified atom stereocenters. The van der Waals surface area contributed by atoms with E-state index in [1.54, 1.807) is 6.07 Å². The van der Waals surface area contributed by atoms with Crippen molar-refractivity contribution in [1.29, 1.82) is 0 Å². The number of benzene rings is 1. The van der Waals surface area contributed by atoms with Crippen LogP contribution in [0.1, 0.15) is 5.56 Å². The molecule has 1 amide bonds.